The second kappa shape index (κ2) is 6.72. The van der Waals surface area contributed by atoms with Crippen LogP contribution in [0, 0.1) is 19.8 Å². The van der Waals surface area contributed by atoms with Crippen LogP contribution in [0.4, 0.5) is 13.2 Å². The number of aromatic nitrogens is 2. The first-order valence-corrected chi connectivity index (χ1v) is 10.2. The molecule has 2 aliphatic rings. The Morgan fingerprint density at radius 1 is 1.15 bits per heavy atom. The van der Waals surface area contributed by atoms with E-state index in [-0.39, 0.29) is 18.7 Å². The molecule has 1 N–H and O–H groups in total. The number of thiophene rings is 1. The number of hydrogen-bond acceptors (Lipinski definition) is 4. The first-order chi connectivity index (χ1) is 12.7. The highest BCUT2D eigenvalue weighted by atomic mass is 32.1. The standard InChI is InChI=1S/C19H22F3N3OS/c1-9-14-10(2)23-16(11-6-7-11)25-18(14)27-15(9)17(26)24-13-5-3-4-12(8-13)19(20,21)22/h11-13H,3-8H2,1-2H3,(H,24,26)/t12-,13-/m1/s1. The summed E-state index contributed by atoms with van der Waals surface area (Å²) in [4.78, 5) is 23.3. The van der Waals surface area contributed by atoms with Crippen molar-refractivity contribution in [1.82, 2.24) is 15.3 Å². The summed E-state index contributed by atoms with van der Waals surface area (Å²) < 4.78 is 39.0. The number of halogens is 3. The monoisotopic (exact) mass is 397 g/mol. The highest BCUT2D eigenvalue weighted by Crippen LogP contribution is 2.41. The lowest BCUT2D eigenvalue weighted by molar-refractivity contribution is -0.183. The number of nitrogens with one attached hydrogen (secondary N) is 1. The lowest BCUT2D eigenvalue weighted by atomic mass is 9.85. The molecule has 4 rings (SSSR count). The Morgan fingerprint density at radius 3 is 2.56 bits per heavy atom. The minimum absolute atomic E-state index is 0.0379. The first kappa shape index (κ1) is 18.7. The minimum atomic E-state index is -4.19. The lowest BCUT2D eigenvalue weighted by Crippen LogP contribution is -2.41. The number of rotatable bonds is 3. The van der Waals surface area contributed by atoms with Crippen molar-refractivity contribution in [2.45, 2.75) is 70.5 Å². The Bertz CT molecular complexity index is 888. The average molecular weight is 397 g/mol. The summed E-state index contributed by atoms with van der Waals surface area (Å²) in [6.07, 6.45) is -0.804. The van der Waals surface area contributed by atoms with E-state index in [9.17, 15) is 18.0 Å². The van der Waals surface area contributed by atoms with Gasteiger partial charge in [0.25, 0.3) is 5.91 Å². The molecule has 2 aromatic rings. The van der Waals surface area contributed by atoms with E-state index in [0.717, 1.165) is 40.1 Å². The minimum Gasteiger partial charge on any atom is -0.349 e. The van der Waals surface area contributed by atoms with Crippen molar-refractivity contribution in [3.05, 3.63) is 22.0 Å². The molecule has 0 bridgehead atoms. The van der Waals surface area contributed by atoms with Gasteiger partial charge < -0.3 is 5.32 Å². The van der Waals surface area contributed by atoms with Crippen LogP contribution < -0.4 is 5.32 Å². The van der Waals surface area contributed by atoms with Crippen LogP contribution >= 0.6 is 11.3 Å². The van der Waals surface area contributed by atoms with Crippen molar-refractivity contribution in [2.24, 2.45) is 5.92 Å². The third-order valence-corrected chi connectivity index (χ3v) is 6.79. The van der Waals surface area contributed by atoms with Crippen LogP contribution in [0.2, 0.25) is 0 Å². The summed E-state index contributed by atoms with van der Waals surface area (Å²) in [5.41, 5.74) is 1.68. The van der Waals surface area contributed by atoms with E-state index in [1.54, 1.807) is 0 Å². The molecular weight excluding hydrogens is 375 g/mol. The molecule has 2 fully saturated rings. The highest BCUT2D eigenvalue weighted by Gasteiger charge is 2.42. The zero-order valence-corrected chi connectivity index (χ0v) is 16.1. The molecule has 2 aromatic heterocycles. The predicted molar refractivity (Wildman–Crippen MR) is 98.1 cm³/mol. The quantitative estimate of drug-likeness (QED) is 0.790. The SMILES string of the molecule is Cc1nc(C2CC2)nc2sc(C(=O)N[C@@H]3CCC[C@@H](C(F)(F)F)C3)c(C)c12. The van der Waals surface area contributed by atoms with Gasteiger partial charge in [0.15, 0.2) is 0 Å². The van der Waals surface area contributed by atoms with E-state index in [1.165, 1.54) is 11.3 Å². The molecule has 0 aliphatic heterocycles. The third-order valence-electron chi connectivity index (χ3n) is 5.61. The lowest BCUT2D eigenvalue weighted by Gasteiger charge is -2.30. The largest absolute Gasteiger partial charge is 0.391 e. The van der Waals surface area contributed by atoms with Crippen molar-refractivity contribution < 1.29 is 18.0 Å². The zero-order chi connectivity index (χ0) is 19.3. The van der Waals surface area contributed by atoms with Crippen molar-refractivity contribution in [2.75, 3.05) is 0 Å². The van der Waals surface area contributed by atoms with Gasteiger partial charge >= 0.3 is 6.18 Å². The van der Waals surface area contributed by atoms with Crippen LogP contribution in [-0.2, 0) is 0 Å². The van der Waals surface area contributed by atoms with Gasteiger partial charge in [0.2, 0.25) is 0 Å². The van der Waals surface area contributed by atoms with Crippen LogP contribution in [0.25, 0.3) is 10.2 Å². The second-order valence-corrected chi connectivity index (χ2v) is 8.75. The van der Waals surface area contributed by atoms with Crippen LogP contribution in [0.1, 0.15) is 71.2 Å². The number of alkyl halides is 3. The van der Waals surface area contributed by atoms with Crippen molar-refractivity contribution in [1.29, 1.82) is 0 Å². The van der Waals surface area contributed by atoms with E-state index in [2.05, 4.69) is 15.3 Å². The molecule has 2 heterocycles. The summed E-state index contributed by atoms with van der Waals surface area (Å²) in [7, 11) is 0. The van der Waals surface area contributed by atoms with Crippen molar-refractivity contribution in [3.63, 3.8) is 0 Å². The van der Waals surface area contributed by atoms with Crippen LogP contribution in [0.5, 0.6) is 0 Å². The van der Waals surface area contributed by atoms with Gasteiger partial charge in [-0.25, -0.2) is 9.97 Å². The van der Waals surface area contributed by atoms with Gasteiger partial charge in [-0.2, -0.15) is 13.2 Å². The number of fused-ring (bicyclic) bond motifs is 1. The number of aryl methyl sites for hydroxylation is 2. The van der Waals surface area contributed by atoms with Crippen LogP contribution in [0.15, 0.2) is 0 Å². The fourth-order valence-corrected chi connectivity index (χ4v) is 5.11. The van der Waals surface area contributed by atoms with E-state index >= 15 is 0 Å². The fourth-order valence-electron chi connectivity index (χ4n) is 3.97. The van der Waals surface area contributed by atoms with Crippen molar-refractivity contribution >= 4 is 27.5 Å². The van der Waals surface area contributed by atoms with Crippen LogP contribution in [-0.4, -0.2) is 28.1 Å². The van der Waals surface area contributed by atoms with Gasteiger partial charge in [0.05, 0.1) is 16.5 Å². The molecule has 27 heavy (non-hydrogen) atoms. The Morgan fingerprint density at radius 2 is 1.89 bits per heavy atom. The summed E-state index contributed by atoms with van der Waals surface area (Å²) in [6, 6.07) is -0.434. The molecule has 1 amide bonds. The van der Waals surface area contributed by atoms with E-state index in [1.807, 2.05) is 13.8 Å². The smallest absolute Gasteiger partial charge is 0.349 e. The number of amides is 1. The molecule has 8 heteroatoms. The Labute approximate surface area is 159 Å². The number of carbonyl (C=O) groups excluding carboxylic acids is 1. The molecule has 4 nitrogen and oxygen atoms in total. The zero-order valence-electron chi connectivity index (χ0n) is 15.3. The molecule has 2 aliphatic carbocycles. The molecule has 2 saturated carbocycles. The van der Waals surface area contributed by atoms with Gasteiger partial charge in [0.1, 0.15) is 10.7 Å². The number of hydrogen-bond donors (Lipinski definition) is 1. The van der Waals surface area contributed by atoms with Crippen molar-refractivity contribution in [3.8, 4) is 0 Å². The molecule has 0 spiro atoms. The fraction of sp³-hybridized carbons (Fsp3) is 0.632. The second-order valence-electron chi connectivity index (χ2n) is 7.75. The van der Waals surface area contributed by atoms with Gasteiger partial charge in [-0.3, -0.25) is 4.79 Å². The summed E-state index contributed by atoms with van der Waals surface area (Å²) in [6.45, 7) is 3.78. The molecule has 0 aromatic carbocycles. The molecule has 0 radical (unpaired) electrons. The van der Waals surface area contributed by atoms with Gasteiger partial charge in [-0.15, -0.1) is 11.3 Å². The number of carbonyl (C=O) groups is 1. The summed E-state index contributed by atoms with van der Waals surface area (Å²) >= 11 is 1.32. The first-order valence-electron chi connectivity index (χ1n) is 9.39. The van der Waals surface area contributed by atoms with Gasteiger partial charge in [-0.05, 0) is 51.5 Å². The predicted octanol–water partition coefficient (Wildman–Crippen LogP) is 5.04. The molecule has 0 saturated heterocycles. The maximum Gasteiger partial charge on any atom is 0.391 e. The average Bonchev–Trinajstić information content (AvgIpc) is 3.38. The third kappa shape index (κ3) is 3.68. The Balaban J connectivity index is 1.56. The summed E-state index contributed by atoms with van der Waals surface area (Å²) in [5, 5.41) is 3.73. The Hall–Kier alpha value is -1.70. The van der Waals surface area contributed by atoms with E-state index < -0.39 is 18.1 Å². The van der Waals surface area contributed by atoms with Gasteiger partial charge in [0, 0.05) is 17.3 Å². The topological polar surface area (TPSA) is 54.9 Å². The molecular formula is C19H22F3N3OS. The van der Waals surface area contributed by atoms with E-state index in [0.29, 0.717) is 23.6 Å². The maximum absolute atomic E-state index is 13.0. The van der Waals surface area contributed by atoms with E-state index in [4.69, 9.17) is 0 Å². The van der Waals surface area contributed by atoms with Gasteiger partial charge in [-0.1, -0.05) is 6.42 Å². The molecule has 2 atom stereocenters. The van der Waals surface area contributed by atoms with Crippen LogP contribution in [0.3, 0.4) is 0 Å². The Kier molecular flexibility index (Phi) is 4.64. The number of nitrogens with zero attached hydrogens (tertiary/aromatic N) is 2. The summed E-state index contributed by atoms with van der Waals surface area (Å²) in [5.74, 6) is -0.354. The normalized spacial score (nSPS) is 23.6. The highest BCUT2D eigenvalue weighted by molar-refractivity contribution is 7.20. The maximum atomic E-state index is 13.0. The molecule has 146 valence electrons. The molecule has 0 unspecified atom stereocenters.